The number of hydrogen-bond acceptors (Lipinski definition) is 3. The molecule has 0 aromatic carbocycles. The minimum Gasteiger partial charge on any atom is -0.444 e. The van der Waals surface area contributed by atoms with E-state index in [2.05, 4.69) is 19.2 Å². The topological polar surface area (TPSA) is 41.6 Å². The molecule has 1 aliphatic carbocycles. The molecule has 0 spiro atoms. The third-order valence-electron chi connectivity index (χ3n) is 4.40. The molecule has 2 aliphatic rings. The van der Waals surface area contributed by atoms with Crippen LogP contribution in [-0.4, -0.2) is 41.8 Å². The van der Waals surface area contributed by atoms with Crippen LogP contribution in [0.1, 0.15) is 53.9 Å². The Hall–Kier alpha value is -0.770. The fourth-order valence-corrected chi connectivity index (χ4v) is 2.94. The molecule has 2 fully saturated rings. The summed E-state index contributed by atoms with van der Waals surface area (Å²) in [6.45, 7) is 12.0. The highest BCUT2D eigenvalue weighted by atomic mass is 16.6. The van der Waals surface area contributed by atoms with Crippen LogP contribution in [0.15, 0.2) is 0 Å². The lowest BCUT2D eigenvalue weighted by Gasteiger charge is -2.37. The van der Waals surface area contributed by atoms with Gasteiger partial charge in [0.25, 0.3) is 0 Å². The quantitative estimate of drug-likeness (QED) is 0.865. The molecule has 0 radical (unpaired) electrons. The van der Waals surface area contributed by atoms with E-state index in [9.17, 15) is 4.79 Å². The van der Waals surface area contributed by atoms with Gasteiger partial charge >= 0.3 is 6.09 Å². The predicted molar refractivity (Wildman–Crippen MR) is 80.7 cm³/mol. The summed E-state index contributed by atoms with van der Waals surface area (Å²) < 4.78 is 5.48. The summed E-state index contributed by atoms with van der Waals surface area (Å²) in [6.07, 6.45) is 3.42. The lowest BCUT2D eigenvalue weighted by Crippen LogP contribution is -2.48. The Morgan fingerprint density at radius 3 is 2.60 bits per heavy atom. The average molecular weight is 282 g/mol. The van der Waals surface area contributed by atoms with Gasteiger partial charge in [0.15, 0.2) is 0 Å². The number of carbonyl (C=O) groups is 1. The van der Waals surface area contributed by atoms with Gasteiger partial charge in [-0.1, -0.05) is 6.92 Å². The van der Waals surface area contributed by atoms with Crippen LogP contribution in [0.5, 0.6) is 0 Å². The molecule has 116 valence electrons. The minimum atomic E-state index is -0.405. The molecule has 2 rings (SSSR count). The van der Waals surface area contributed by atoms with E-state index in [4.69, 9.17) is 4.74 Å². The Bertz CT molecular complexity index is 351. The highest BCUT2D eigenvalue weighted by Gasteiger charge is 2.36. The van der Waals surface area contributed by atoms with E-state index in [0.29, 0.717) is 18.0 Å². The van der Waals surface area contributed by atoms with Crippen molar-refractivity contribution in [3.05, 3.63) is 0 Å². The highest BCUT2D eigenvalue weighted by Crippen LogP contribution is 2.31. The summed E-state index contributed by atoms with van der Waals surface area (Å²) in [4.78, 5) is 14.0. The molecular weight excluding hydrogens is 252 g/mol. The van der Waals surface area contributed by atoms with Crippen LogP contribution in [0.3, 0.4) is 0 Å². The number of likely N-dealkylation sites (tertiary alicyclic amines) is 1. The minimum absolute atomic E-state index is 0.158. The predicted octanol–water partition coefficient (Wildman–Crippen LogP) is 3.02. The van der Waals surface area contributed by atoms with Gasteiger partial charge in [-0.25, -0.2) is 4.79 Å². The normalized spacial score (nSPS) is 31.9. The second kappa shape index (κ2) is 5.92. The Balaban J connectivity index is 1.83. The molecule has 1 saturated heterocycles. The molecule has 1 aliphatic heterocycles. The van der Waals surface area contributed by atoms with Crippen LogP contribution < -0.4 is 5.32 Å². The number of amides is 1. The van der Waals surface area contributed by atoms with Crippen LogP contribution in [0, 0.1) is 11.8 Å². The summed E-state index contributed by atoms with van der Waals surface area (Å²) in [7, 11) is 0. The van der Waals surface area contributed by atoms with Crippen LogP contribution in [0.4, 0.5) is 4.79 Å². The van der Waals surface area contributed by atoms with E-state index in [0.717, 1.165) is 25.4 Å². The van der Waals surface area contributed by atoms with Crippen molar-refractivity contribution >= 4 is 6.09 Å². The first-order chi connectivity index (χ1) is 9.26. The maximum absolute atomic E-state index is 12.2. The van der Waals surface area contributed by atoms with Gasteiger partial charge in [-0.05, 0) is 58.8 Å². The van der Waals surface area contributed by atoms with Crippen molar-refractivity contribution in [1.29, 1.82) is 0 Å². The standard InChI is InChI=1S/C16H30N2O2/c1-11-9-14(11)17-12(2)13-7-6-8-18(10-13)15(19)20-16(3,4)5/h11-14,17H,6-10H2,1-5H3. The number of ether oxygens (including phenoxy) is 1. The molecule has 4 heteroatoms. The second-order valence-electron chi connectivity index (χ2n) is 7.60. The first-order valence-corrected chi connectivity index (χ1v) is 8.00. The second-order valence-corrected chi connectivity index (χ2v) is 7.60. The molecule has 1 amide bonds. The fourth-order valence-electron chi connectivity index (χ4n) is 2.94. The molecule has 4 nitrogen and oxygen atoms in total. The van der Waals surface area contributed by atoms with E-state index in [1.807, 2.05) is 25.7 Å². The lowest BCUT2D eigenvalue weighted by molar-refractivity contribution is 0.0148. The average Bonchev–Trinajstić information content (AvgIpc) is 3.03. The Labute approximate surface area is 123 Å². The van der Waals surface area contributed by atoms with Crippen LogP contribution in [-0.2, 0) is 4.74 Å². The molecule has 4 unspecified atom stereocenters. The third kappa shape index (κ3) is 4.37. The number of rotatable bonds is 3. The number of carbonyl (C=O) groups excluding carboxylic acids is 1. The Morgan fingerprint density at radius 2 is 2.05 bits per heavy atom. The van der Waals surface area contributed by atoms with Gasteiger partial charge in [0.2, 0.25) is 0 Å². The SMILES string of the molecule is CC1CC1NC(C)C1CCCN(C(=O)OC(C)(C)C)C1. The molecule has 1 heterocycles. The molecule has 0 aromatic heterocycles. The smallest absolute Gasteiger partial charge is 0.410 e. The van der Waals surface area contributed by atoms with Gasteiger partial charge in [0.05, 0.1) is 0 Å². The first-order valence-electron chi connectivity index (χ1n) is 8.00. The molecule has 20 heavy (non-hydrogen) atoms. The van der Waals surface area contributed by atoms with Gasteiger partial charge in [0.1, 0.15) is 5.60 Å². The maximum Gasteiger partial charge on any atom is 0.410 e. The van der Waals surface area contributed by atoms with E-state index in [-0.39, 0.29) is 6.09 Å². The molecule has 0 aromatic rings. The van der Waals surface area contributed by atoms with Crippen molar-refractivity contribution in [2.24, 2.45) is 11.8 Å². The molecular formula is C16H30N2O2. The van der Waals surface area contributed by atoms with Crippen molar-refractivity contribution in [1.82, 2.24) is 10.2 Å². The number of nitrogens with zero attached hydrogens (tertiary/aromatic N) is 1. The van der Waals surface area contributed by atoms with Crippen LogP contribution in [0.2, 0.25) is 0 Å². The lowest BCUT2D eigenvalue weighted by atomic mass is 9.91. The van der Waals surface area contributed by atoms with Gasteiger partial charge in [-0.3, -0.25) is 0 Å². The van der Waals surface area contributed by atoms with E-state index in [1.54, 1.807) is 0 Å². The zero-order valence-corrected chi connectivity index (χ0v) is 13.6. The monoisotopic (exact) mass is 282 g/mol. The summed E-state index contributed by atoms with van der Waals surface area (Å²) >= 11 is 0. The zero-order valence-electron chi connectivity index (χ0n) is 13.6. The van der Waals surface area contributed by atoms with E-state index >= 15 is 0 Å². The largest absolute Gasteiger partial charge is 0.444 e. The number of hydrogen-bond donors (Lipinski definition) is 1. The summed E-state index contributed by atoms with van der Waals surface area (Å²) in [5.74, 6) is 1.37. The van der Waals surface area contributed by atoms with Crippen molar-refractivity contribution < 1.29 is 9.53 Å². The molecule has 4 atom stereocenters. The fraction of sp³-hybridized carbons (Fsp3) is 0.938. The summed E-state index contributed by atoms with van der Waals surface area (Å²) in [6, 6.07) is 1.18. The summed E-state index contributed by atoms with van der Waals surface area (Å²) in [5.41, 5.74) is -0.405. The van der Waals surface area contributed by atoms with Gasteiger partial charge < -0.3 is 15.0 Å². The van der Waals surface area contributed by atoms with Crippen LogP contribution >= 0.6 is 0 Å². The zero-order chi connectivity index (χ0) is 14.9. The van der Waals surface area contributed by atoms with Crippen molar-refractivity contribution in [3.8, 4) is 0 Å². The highest BCUT2D eigenvalue weighted by molar-refractivity contribution is 5.68. The third-order valence-corrected chi connectivity index (χ3v) is 4.40. The summed E-state index contributed by atoms with van der Waals surface area (Å²) in [5, 5.41) is 3.70. The van der Waals surface area contributed by atoms with Gasteiger partial charge in [0, 0.05) is 25.2 Å². The Kier molecular flexibility index (Phi) is 4.62. The molecule has 1 N–H and O–H groups in total. The van der Waals surface area contributed by atoms with Gasteiger partial charge in [-0.2, -0.15) is 0 Å². The van der Waals surface area contributed by atoms with E-state index < -0.39 is 5.60 Å². The Morgan fingerprint density at radius 1 is 1.40 bits per heavy atom. The van der Waals surface area contributed by atoms with Crippen molar-refractivity contribution in [2.45, 2.75) is 71.6 Å². The van der Waals surface area contributed by atoms with E-state index in [1.165, 1.54) is 12.8 Å². The molecule has 0 bridgehead atoms. The van der Waals surface area contributed by atoms with Crippen molar-refractivity contribution in [3.63, 3.8) is 0 Å². The van der Waals surface area contributed by atoms with Gasteiger partial charge in [-0.15, -0.1) is 0 Å². The van der Waals surface area contributed by atoms with Crippen molar-refractivity contribution in [2.75, 3.05) is 13.1 Å². The number of nitrogens with one attached hydrogen (secondary N) is 1. The molecule has 1 saturated carbocycles. The number of piperidine rings is 1. The maximum atomic E-state index is 12.2. The van der Waals surface area contributed by atoms with Crippen LogP contribution in [0.25, 0.3) is 0 Å². The first kappa shape index (κ1) is 15.6.